The first-order chi connectivity index (χ1) is 18.0. The topological polar surface area (TPSA) is 101 Å². The predicted octanol–water partition coefficient (Wildman–Crippen LogP) is 2.48. The van der Waals surface area contributed by atoms with E-state index in [1.165, 1.54) is 0 Å². The Hall–Kier alpha value is -3.66. The molecule has 1 saturated carbocycles. The number of nitrogens with one attached hydrogen (secondary N) is 1. The maximum Gasteiger partial charge on any atom is 0.272 e. The fourth-order valence-corrected chi connectivity index (χ4v) is 5.25. The minimum Gasteiger partial charge on any atom is -0.493 e. The molecule has 5 rings (SSSR count). The maximum atomic E-state index is 13.1. The SMILES string of the molecule is COc1ccc(-c2ccnc3cc(C(=O)N[C@H]4CC[C@@H](C(=O)N5CCN(C)CC5)CC4)nn23)cc1OC. The Balaban J connectivity index is 1.24. The van der Waals surface area contributed by atoms with E-state index in [0.717, 1.165) is 63.1 Å². The van der Waals surface area contributed by atoms with Crippen LogP contribution in [0.5, 0.6) is 11.5 Å². The van der Waals surface area contributed by atoms with Gasteiger partial charge in [0, 0.05) is 56.0 Å². The molecule has 0 spiro atoms. The van der Waals surface area contributed by atoms with Gasteiger partial charge in [-0.25, -0.2) is 9.50 Å². The van der Waals surface area contributed by atoms with Gasteiger partial charge in [0.05, 0.1) is 19.9 Å². The highest BCUT2D eigenvalue weighted by molar-refractivity contribution is 5.93. The van der Waals surface area contributed by atoms with E-state index in [-0.39, 0.29) is 23.8 Å². The van der Waals surface area contributed by atoms with Gasteiger partial charge >= 0.3 is 0 Å². The monoisotopic (exact) mass is 506 g/mol. The molecule has 10 heteroatoms. The van der Waals surface area contributed by atoms with Crippen LogP contribution in [0.2, 0.25) is 0 Å². The van der Waals surface area contributed by atoms with Crippen LogP contribution in [0, 0.1) is 5.92 Å². The number of methoxy groups -OCH3 is 2. The highest BCUT2D eigenvalue weighted by atomic mass is 16.5. The number of piperazine rings is 1. The molecule has 0 atom stereocenters. The van der Waals surface area contributed by atoms with Gasteiger partial charge in [-0.3, -0.25) is 9.59 Å². The van der Waals surface area contributed by atoms with E-state index in [4.69, 9.17) is 9.47 Å². The van der Waals surface area contributed by atoms with E-state index in [0.29, 0.717) is 22.8 Å². The zero-order valence-electron chi connectivity index (χ0n) is 21.6. The summed E-state index contributed by atoms with van der Waals surface area (Å²) < 4.78 is 12.4. The van der Waals surface area contributed by atoms with E-state index in [9.17, 15) is 9.59 Å². The molecule has 1 N–H and O–H groups in total. The van der Waals surface area contributed by atoms with Crippen LogP contribution in [0.3, 0.4) is 0 Å². The van der Waals surface area contributed by atoms with E-state index >= 15 is 0 Å². The van der Waals surface area contributed by atoms with Crippen LogP contribution in [0.4, 0.5) is 0 Å². The number of ether oxygens (including phenoxy) is 2. The van der Waals surface area contributed by atoms with Gasteiger partial charge in [-0.2, -0.15) is 5.10 Å². The van der Waals surface area contributed by atoms with E-state index < -0.39 is 0 Å². The van der Waals surface area contributed by atoms with Crippen LogP contribution in [0.25, 0.3) is 16.9 Å². The first-order valence-electron chi connectivity index (χ1n) is 12.8. The molecule has 1 aromatic carbocycles. The molecule has 2 amide bonds. The zero-order valence-corrected chi connectivity index (χ0v) is 21.6. The normalized spacial score (nSPS) is 20.6. The third-order valence-electron chi connectivity index (χ3n) is 7.50. The summed E-state index contributed by atoms with van der Waals surface area (Å²) in [6.07, 6.45) is 4.87. The molecule has 3 heterocycles. The second-order valence-electron chi connectivity index (χ2n) is 9.85. The summed E-state index contributed by atoms with van der Waals surface area (Å²) in [5.41, 5.74) is 2.55. The second-order valence-corrected chi connectivity index (χ2v) is 9.85. The van der Waals surface area contributed by atoms with Crippen LogP contribution in [-0.2, 0) is 4.79 Å². The number of nitrogens with zero attached hydrogens (tertiary/aromatic N) is 5. The van der Waals surface area contributed by atoms with Gasteiger partial charge in [0.15, 0.2) is 22.8 Å². The third kappa shape index (κ3) is 5.24. The van der Waals surface area contributed by atoms with Crippen molar-refractivity contribution in [3.63, 3.8) is 0 Å². The van der Waals surface area contributed by atoms with E-state index in [2.05, 4.69) is 27.3 Å². The Kier molecular flexibility index (Phi) is 7.27. The molecule has 1 saturated heterocycles. The summed E-state index contributed by atoms with van der Waals surface area (Å²) in [4.78, 5) is 34.6. The van der Waals surface area contributed by atoms with Gasteiger partial charge in [-0.05, 0) is 57.0 Å². The molecule has 1 aliphatic carbocycles. The van der Waals surface area contributed by atoms with Crippen molar-refractivity contribution in [3.05, 3.63) is 42.2 Å². The summed E-state index contributed by atoms with van der Waals surface area (Å²) >= 11 is 0. The molecule has 0 bridgehead atoms. The fourth-order valence-electron chi connectivity index (χ4n) is 5.25. The Morgan fingerprint density at radius 3 is 2.38 bits per heavy atom. The van der Waals surface area contributed by atoms with Gasteiger partial charge in [0.25, 0.3) is 5.91 Å². The van der Waals surface area contributed by atoms with Crippen LogP contribution < -0.4 is 14.8 Å². The molecular formula is C27H34N6O4. The number of rotatable bonds is 6. The second kappa shape index (κ2) is 10.8. The summed E-state index contributed by atoms with van der Waals surface area (Å²) in [5.74, 6) is 1.35. The van der Waals surface area contributed by atoms with Crippen LogP contribution in [-0.4, -0.2) is 89.7 Å². The molecule has 3 aromatic rings. The van der Waals surface area contributed by atoms with E-state index in [1.54, 1.807) is 31.0 Å². The number of carbonyl (C=O) groups is 2. The predicted molar refractivity (Wildman–Crippen MR) is 139 cm³/mol. The molecule has 2 aliphatic rings. The van der Waals surface area contributed by atoms with Crippen LogP contribution >= 0.6 is 0 Å². The van der Waals surface area contributed by atoms with Crippen LogP contribution in [0.1, 0.15) is 36.2 Å². The van der Waals surface area contributed by atoms with Gasteiger partial charge in [-0.1, -0.05) is 0 Å². The Morgan fingerprint density at radius 1 is 0.946 bits per heavy atom. The van der Waals surface area contributed by atoms with Crippen molar-refractivity contribution in [2.45, 2.75) is 31.7 Å². The molecule has 1 aliphatic heterocycles. The Bertz CT molecular complexity index is 1280. The summed E-state index contributed by atoms with van der Waals surface area (Å²) in [7, 11) is 5.28. The number of amides is 2. The lowest BCUT2D eigenvalue weighted by Crippen LogP contribution is -2.50. The van der Waals surface area contributed by atoms with Crippen molar-refractivity contribution >= 4 is 17.5 Å². The Morgan fingerprint density at radius 2 is 1.68 bits per heavy atom. The number of aromatic nitrogens is 3. The number of hydrogen-bond acceptors (Lipinski definition) is 7. The highest BCUT2D eigenvalue weighted by Crippen LogP contribution is 2.32. The fraction of sp³-hybridized carbons (Fsp3) is 0.481. The minimum absolute atomic E-state index is 0.0344. The molecular weight excluding hydrogens is 472 g/mol. The minimum atomic E-state index is -0.224. The van der Waals surface area contributed by atoms with Gasteiger partial charge in [0.2, 0.25) is 5.91 Å². The largest absolute Gasteiger partial charge is 0.493 e. The van der Waals surface area contributed by atoms with E-state index in [1.807, 2.05) is 29.2 Å². The molecule has 10 nitrogen and oxygen atoms in total. The lowest BCUT2D eigenvalue weighted by atomic mass is 9.85. The zero-order chi connectivity index (χ0) is 25.9. The molecule has 37 heavy (non-hydrogen) atoms. The molecule has 196 valence electrons. The Labute approximate surface area is 216 Å². The van der Waals surface area contributed by atoms with Crippen molar-refractivity contribution < 1.29 is 19.1 Å². The van der Waals surface area contributed by atoms with Crippen molar-refractivity contribution in [1.29, 1.82) is 0 Å². The lowest BCUT2D eigenvalue weighted by molar-refractivity contribution is -0.138. The standard InChI is InChI=1S/C27H34N6O4/c1-31-12-14-32(15-13-31)27(35)18-4-7-20(8-5-18)29-26(34)21-17-25-28-11-10-22(33(25)30-21)19-6-9-23(36-2)24(16-19)37-3/h6,9-11,16-18,20H,4-5,7-8,12-15H2,1-3H3,(H,29,34)/t18-,20+. The number of fused-ring (bicyclic) bond motifs is 1. The van der Waals surface area contributed by atoms with Gasteiger partial charge in [0.1, 0.15) is 0 Å². The average molecular weight is 507 g/mol. The maximum absolute atomic E-state index is 13.1. The highest BCUT2D eigenvalue weighted by Gasteiger charge is 2.31. The van der Waals surface area contributed by atoms with Crippen molar-refractivity contribution in [2.24, 2.45) is 5.92 Å². The third-order valence-corrected chi connectivity index (χ3v) is 7.50. The summed E-state index contributed by atoms with van der Waals surface area (Å²) in [6, 6.07) is 9.20. The quantitative estimate of drug-likeness (QED) is 0.548. The van der Waals surface area contributed by atoms with Gasteiger partial charge in [-0.15, -0.1) is 0 Å². The number of carbonyl (C=O) groups excluding carboxylic acids is 2. The number of likely N-dealkylation sites (N-methyl/N-ethyl adjacent to an activating group) is 1. The first kappa shape index (κ1) is 25.0. The molecule has 2 aromatic heterocycles. The lowest BCUT2D eigenvalue weighted by Gasteiger charge is -2.36. The molecule has 2 fully saturated rings. The van der Waals surface area contributed by atoms with Crippen LogP contribution in [0.15, 0.2) is 36.5 Å². The summed E-state index contributed by atoms with van der Waals surface area (Å²) in [6.45, 7) is 3.47. The van der Waals surface area contributed by atoms with Crippen molar-refractivity contribution in [1.82, 2.24) is 29.7 Å². The molecule has 0 unspecified atom stereocenters. The first-order valence-corrected chi connectivity index (χ1v) is 12.8. The van der Waals surface area contributed by atoms with Crippen molar-refractivity contribution in [2.75, 3.05) is 47.4 Å². The smallest absolute Gasteiger partial charge is 0.272 e. The average Bonchev–Trinajstić information content (AvgIpc) is 3.38. The number of hydrogen-bond donors (Lipinski definition) is 1. The molecule has 0 radical (unpaired) electrons. The van der Waals surface area contributed by atoms with Gasteiger partial charge < -0.3 is 24.6 Å². The summed E-state index contributed by atoms with van der Waals surface area (Å²) in [5, 5.41) is 7.69. The van der Waals surface area contributed by atoms with Crippen molar-refractivity contribution in [3.8, 4) is 22.8 Å². The number of benzene rings is 1.